The third-order valence-corrected chi connectivity index (χ3v) is 5.26. The van der Waals surface area contributed by atoms with Crippen molar-refractivity contribution in [2.45, 2.75) is 13.0 Å². The van der Waals surface area contributed by atoms with Gasteiger partial charge in [0.05, 0.1) is 35.8 Å². The predicted octanol–water partition coefficient (Wildman–Crippen LogP) is 2.37. The minimum Gasteiger partial charge on any atom is -0.377 e. The quantitative estimate of drug-likeness (QED) is 0.706. The molecule has 23 heavy (non-hydrogen) atoms. The molecule has 0 saturated carbocycles. The molecule has 3 aromatic heterocycles. The van der Waals surface area contributed by atoms with Gasteiger partial charge in [-0.3, -0.25) is 0 Å². The summed E-state index contributed by atoms with van der Waals surface area (Å²) in [6, 6.07) is 2.33. The number of anilines is 1. The normalized spacial score (nSPS) is 18.7. The van der Waals surface area contributed by atoms with Gasteiger partial charge in [0.1, 0.15) is 11.3 Å². The lowest BCUT2D eigenvalue weighted by atomic mass is 10.1. The Morgan fingerprint density at radius 1 is 1.43 bits per heavy atom. The van der Waals surface area contributed by atoms with E-state index in [9.17, 15) is 0 Å². The number of fused-ring (bicyclic) bond motifs is 1. The SMILES string of the molecule is C[C@@H]1COCCN1c1cc(-c2cnnn2C)c2snc(Cl)c2n1. The number of aromatic nitrogens is 5. The Bertz CT molecular complexity index is 862. The molecule has 120 valence electrons. The Labute approximate surface area is 142 Å². The summed E-state index contributed by atoms with van der Waals surface area (Å²) >= 11 is 7.60. The second-order valence-corrected chi connectivity index (χ2v) is 6.67. The second kappa shape index (κ2) is 5.70. The molecule has 7 nitrogen and oxygen atoms in total. The van der Waals surface area contributed by atoms with Crippen molar-refractivity contribution in [1.29, 1.82) is 0 Å². The summed E-state index contributed by atoms with van der Waals surface area (Å²) in [6.07, 6.45) is 1.74. The zero-order chi connectivity index (χ0) is 16.0. The van der Waals surface area contributed by atoms with E-state index in [2.05, 4.69) is 32.6 Å². The van der Waals surface area contributed by atoms with Gasteiger partial charge < -0.3 is 9.64 Å². The minimum absolute atomic E-state index is 0.261. The fraction of sp³-hybridized carbons (Fsp3) is 0.429. The predicted molar refractivity (Wildman–Crippen MR) is 90.0 cm³/mol. The lowest BCUT2D eigenvalue weighted by molar-refractivity contribution is 0.0986. The van der Waals surface area contributed by atoms with Gasteiger partial charge >= 0.3 is 0 Å². The number of pyridine rings is 1. The molecule has 0 aromatic carbocycles. The second-order valence-electron chi connectivity index (χ2n) is 5.54. The number of halogens is 1. The van der Waals surface area contributed by atoms with Crippen LogP contribution in [0.2, 0.25) is 5.15 Å². The molecular weight excluding hydrogens is 336 g/mol. The number of nitrogens with zero attached hydrogens (tertiary/aromatic N) is 6. The molecule has 1 fully saturated rings. The molecule has 3 aromatic rings. The highest BCUT2D eigenvalue weighted by Gasteiger charge is 2.24. The minimum atomic E-state index is 0.261. The molecule has 1 saturated heterocycles. The monoisotopic (exact) mass is 350 g/mol. The fourth-order valence-corrected chi connectivity index (χ4v) is 3.86. The molecule has 4 rings (SSSR count). The molecule has 0 N–H and O–H groups in total. The highest BCUT2D eigenvalue weighted by molar-refractivity contribution is 7.14. The molecule has 0 spiro atoms. The first-order chi connectivity index (χ1) is 11.1. The van der Waals surface area contributed by atoms with Crippen molar-refractivity contribution < 1.29 is 4.74 Å². The molecule has 0 aliphatic carbocycles. The van der Waals surface area contributed by atoms with E-state index in [1.165, 1.54) is 11.5 Å². The van der Waals surface area contributed by atoms with Crippen LogP contribution in [0.1, 0.15) is 6.92 Å². The molecule has 0 radical (unpaired) electrons. The van der Waals surface area contributed by atoms with Gasteiger partial charge in [-0.1, -0.05) is 16.8 Å². The van der Waals surface area contributed by atoms with Crippen molar-refractivity contribution in [3.05, 3.63) is 17.4 Å². The van der Waals surface area contributed by atoms with Crippen molar-refractivity contribution >= 4 is 39.2 Å². The first kappa shape index (κ1) is 14.8. The molecule has 0 amide bonds. The molecule has 0 unspecified atom stereocenters. The third kappa shape index (κ3) is 2.46. The number of hydrogen-bond acceptors (Lipinski definition) is 7. The first-order valence-electron chi connectivity index (χ1n) is 7.30. The smallest absolute Gasteiger partial charge is 0.169 e. The molecule has 1 aliphatic heterocycles. The van der Waals surface area contributed by atoms with Gasteiger partial charge in [0.15, 0.2) is 5.15 Å². The standard InChI is InChI=1S/C14H15ClN6OS/c1-8-7-22-4-3-21(8)11-5-9(10-6-16-19-20(10)2)13-12(17-11)14(15)18-23-13/h5-6,8H,3-4,7H2,1-2H3/t8-/m1/s1. The zero-order valence-corrected chi connectivity index (χ0v) is 14.3. The van der Waals surface area contributed by atoms with Crippen molar-refractivity contribution in [3.63, 3.8) is 0 Å². The third-order valence-electron chi connectivity index (χ3n) is 4.02. The van der Waals surface area contributed by atoms with Crippen LogP contribution in [0.4, 0.5) is 5.82 Å². The number of morpholine rings is 1. The van der Waals surface area contributed by atoms with Crippen LogP contribution in [0, 0.1) is 0 Å². The average Bonchev–Trinajstić information content (AvgIpc) is 3.14. The van der Waals surface area contributed by atoms with Gasteiger partial charge in [0, 0.05) is 19.2 Å². The van der Waals surface area contributed by atoms with Crippen LogP contribution in [0.15, 0.2) is 12.3 Å². The summed E-state index contributed by atoms with van der Waals surface area (Å²) in [5, 5.41) is 8.44. The van der Waals surface area contributed by atoms with Crippen LogP contribution in [0.5, 0.6) is 0 Å². The van der Waals surface area contributed by atoms with Crippen LogP contribution in [0.3, 0.4) is 0 Å². The van der Waals surface area contributed by atoms with Crippen LogP contribution in [-0.2, 0) is 11.8 Å². The lowest BCUT2D eigenvalue weighted by Gasteiger charge is -2.34. The number of hydrogen-bond donors (Lipinski definition) is 0. The highest BCUT2D eigenvalue weighted by Crippen LogP contribution is 2.36. The van der Waals surface area contributed by atoms with E-state index in [0.29, 0.717) is 18.4 Å². The van der Waals surface area contributed by atoms with Gasteiger partial charge in [0.25, 0.3) is 0 Å². The van der Waals surface area contributed by atoms with Crippen LogP contribution in [-0.4, -0.2) is 50.2 Å². The number of aryl methyl sites for hydroxylation is 1. The van der Waals surface area contributed by atoms with Crippen molar-refractivity contribution in [2.24, 2.45) is 7.05 Å². The van der Waals surface area contributed by atoms with Crippen molar-refractivity contribution in [3.8, 4) is 11.3 Å². The van der Waals surface area contributed by atoms with Crippen LogP contribution >= 0.6 is 23.1 Å². The Kier molecular flexibility index (Phi) is 3.67. The van der Waals surface area contributed by atoms with E-state index in [1.54, 1.807) is 10.9 Å². The van der Waals surface area contributed by atoms with E-state index in [1.807, 2.05) is 7.05 Å². The molecule has 1 aliphatic rings. The van der Waals surface area contributed by atoms with Crippen molar-refractivity contribution in [1.82, 2.24) is 24.4 Å². The number of ether oxygens (including phenoxy) is 1. The van der Waals surface area contributed by atoms with Crippen molar-refractivity contribution in [2.75, 3.05) is 24.7 Å². The molecule has 4 heterocycles. The summed E-state index contributed by atoms with van der Waals surface area (Å²) < 4.78 is 12.5. The van der Waals surface area contributed by atoms with E-state index < -0.39 is 0 Å². The van der Waals surface area contributed by atoms with Gasteiger partial charge in [-0.2, -0.15) is 4.37 Å². The topological polar surface area (TPSA) is 69.0 Å². The number of rotatable bonds is 2. The van der Waals surface area contributed by atoms with Crippen LogP contribution < -0.4 is 4.90 Å². The molecule has 9 heteroatoms. The Hall–Kier alpha value is -1.77. The van der Waals surface area contributed by atoms with Gasteiger partial charge in [-0.25, -0.2) is 9.67 Å². The largest absolute Gasteiger partial charge is 0.377 e. The lowest BCUT2D eigenvalue weighted by Crippen LogP contribution is -2.44. The highest BCUT2D eigenvalue weighted by atomic mass is 35.5. The Morgan fingerprint density at radius 2 is 2.30 bits per heavy atom. The zero-order valence-electron chi connectivity index (χ0n) is 12.7. The van der Waals surface area contributed by atoms with Gasteiger partial charge in [-0.05, 0) is 24.5 Å². The van der Waals surface area contributed by atoms with E-state index in [-0.39, 0.29) is 6.04 Å². The fourth-order valence-electron chi connectivity index (χ4n) is 2.82. The molecule has 0 bridgehead atoms. The first-order valence-corrected chi connectivity index (χ1v) is 8.45. The summed E-state index contributed by atoms with van der Waals surface area (Å²) in [4.78, 5) is 6.99. The maximum atomic E-state index is 6.25. The summed E-state index contributed by atoms with van der Waals surface area (Å²) in [7, 11) is 1.87. The molecular formula is C14H15ClN6OS. The van der Waals surface area contributed by atoms with Crippen LogP contribution in [0.25, 0.3) is 21.5 Å². The van der Waals surface area contributed by atoms with Gasteiger partial charge in [0.2, 0.25) is 0 Å². The summed E-state index contributed by atoms with van der Waals surface area (Å²) in [6.45, 7) is 4.32. The van der Waals surface area contributed by atoms with Gasteiger partial charge in [-0.15, -0.1) is 5.10 Å². The van der Waals surface area contributed by atoms with E-state index in [4.69, 9.17) is 21.3 Å². The Morgan fingerprint density at radius 3 is 3.04 bits per heavy atom. The average molecular weight is 351 g/mol. The van der Waals surface area contributed by atoms with E-state index in [0.717, 1.165) is 33.8 Å². The summed E-state index contributed by atoms with van der Waals surface area (Å²) in [5.74, 6) is 0.881. The maximum absolute atomic E-state index is 6.25. The molecule has 1 atom stereocenters. The summed E-state index contributed by atoms with van der Waals surface area (Å²) in [5.41, 5.74) is 2.64. The maximum Gasteiger partial charge on any atom is 0.169 e. The van der Waals surface area contributed by atoms with E-state index >= 15 is 0 Å². The Balaban J connectivity index is 1.93.